The van der Waals surface area contributed by atoms with E-state index in [4.69, 9.17) is 17.7 Å². The topological polar surface area (TPSA) is 54.0 Å². The van der Waals surface area contributed by atoms with Crippen LogP contribution in [0.15, 0.2) is 0 Å². The lowest BCUT2D eigenvalue weighted by Crippen LogP contribution is -2.38. The van der Waals surface area contributed by atoms with Gasteiger partial charge in [-0.25, -0.2) is 0 Å². The van der Waals surface area contributed by atoms with Crippen LogP contribution >= 0.6 is 0 Å². The van der Waals surface area contributed by atoms with Crippen LogP contribution in [0.3, 0.4) is 0 Å². The molecule has 0 aromatic heterocycles. The first-order valence-electron chi connectivity index (χ1n) is 16.3. The van der Waals surface area contributed by atoms with Gasteiger partial charge in [0, 0.05) is 38.3 Å². The van der Waals surface area contributed by atoms with Crippen molar-refractivity contribution < 1.29 is 22.5 Å². The van der Waals surface area contributed by atoms with Gasteiger partial charge in [-0.3, -0.25) is 4.79 Å². The Balaban J connectivity index is 4.16. The Morgan fingerprint density at radius 3 is 1.08 bits per heavy atom. The third kappa shape index (κ3) is 17.6. The van der Waals surface area contributed by atoms with E-state index in [2.05, 4.69) is 54.6 Å². The maximum absolute atomic E-state index is 13.3. The highest BCUT2D eigenvalue weighted by Crippen LogP contribution is 2.26. The molecular weight excluding hydrogens is 509 g/mol. The van der Waals surface area contributed by atoms with Crippen LogP contribution in [0.5, 0.6) is 0 Å². The summed E-state index contributed by atoms with van der Waals surface area (Å²) in [5, 5.41) is 0. The first kappa shape index (κ1) is 37.9. The van der Waals surface area contributed by atoms with Crippen LogP contribution in [-0.4, -0.2) is 49.3 Å². The second kappa shape index (κ2) is 23.6. The van der Waals surface area contributed by atoms with E-state index in [9.17, 15) is 4.79 Å². The Morgan fingerprint density at radius 1 is 0.500 bits per heavy atom. The van der Waals surface area contributed by atoms with Crippen molar-refractivity contribution in [1.29, 1.82) is 0 Å². The van der Waals surface area contributed by atoms with Crippen molar-refractivity contribution in [3.63, 3.8) is 0 Å². The number of hydrogen-bond donors (Lipinski definition) is 0. The Kier molecular flexibility index (Phi) is 23.6. The van der Waals surface area contributed by atoms with Crippen LogP contribution in [0.25, 0.3) is 0 Å². The van der Waals surface area contributed by atoms with E-state index in [0.717, 1.165) is 64.2 Å². The van der Waals surface area contributed by atoms with Crippen molar-refractivity contribution in [2.75, 3.05) is 26.4 Å². The summed E-state index contributed by atoms with van der Waals surface area (Å²) in [7, 11) is -3.92. The largest absolute Gasteiger partial charge is 0.395 e. The summed E-state index contributed by atoms with van der Waals surface area (Å²) < 4.78 is 23.8. The molecule has 0 aromatic carbocycles. The van der Waals surface area contributed by atoms with Crippen LogP contribution in [0.4, 0.5) is 0 Å². The molecule has 0 bridgehead atoms. The van der Waals surface area contributed by atoms with E-state index in [1.807, 2.05) is 0 Å². The van der Waals surface area contributed by atoms with E-state index < -0.39 is 17.1 Å². The van der Waals surface area contributed by atoms with Crippen molar-refractivity contribution >= 4 is 22.9 Å². The van der Waals surface area contributed by atoms with Crippen molar-refractivity contribution in [3.05, 3.63) is 0 Å². The number of carbonyl (C=O) groups is 1. The Hall–Kier alpha value is -0.0562. The number of ketones is 1. The molecule has 0 aromatic rings. The summed E-state index contributed by atoms with van der Waals surface area (Å²) in [5.74, 6) is 1.05. The predicted molar refractivity (Wildman–Crippen MR) is 167 cm³/mol. The lowest BCUT2D eigenvalue weighted by Gasteiger charge is -2.25. The van der Waals surface area contributed by atoms with Crippen molar-refractivity contribution in [2.45, 2.75) is 157 Å². The molecule has 2 atom stereocenters. The van der Waals surface area contributed by atoms with E-state index in [1.54, 1.807) is 0 Å². The molecule has 0 aliphatic heterocycles. The zero-order chi connectivity index (χ0) is 28.7. The first-order chi connectivity index (χ1) is 18.2. The normalized spacial score (nSPS) is 14.1. The predicted octanol–water partition coefficient (Wildman–Crippen LogP) is 9.58. The second-order valence-electron chi connectivity index (χ2n) is 11.2. The highest BCUT2D eigenvalue weighted by atomic mass is 28.4. The minimum Gasteiger partial charge on any atom is -0.395 e. The SMILES string of the molecule is CCO[Si](C)(CCCCCCCC(CC)C(=O)C(CC)CCCCCCC[Si](C)(OCC)OCC)OCC. The lowest BCUT2D eigenvalue weighted by molar-refractivity contribution is -0.127. The molecule has 0 rings (SSSR count). The molecular formula is C31H66O5Si2. The van der Waals surface area contributed by atoms with Crippen LogP contribution in [0.2, 0.25) is 25.2 Å². The number of unbranched alkanes of at least 4 members (excludes halogenated alkanes) is 8. The summed E-state index contributed by atoms with van der Waals surface area (Å²) in [6, 6.07) is 2.18. The molecule has 7 heteroatoms. The van der Waals surface area contributed by atoms with Crippen molar-refractivity contribution in [1.82, 2.24) is 0 Å². The summed E-state index contributed by atoms with van der Waals surface area (Å²) in [6.45, 7) is 20.0. The summed E-state index contributed by atoms with van der Waals surface area (Å²) in [4.78, 5) is 13.3. The van der Waals surface area contributed by atoms with Gasteiger partial charge in [0.2, 0.25) is 0 Å². The minimum absolute atomic E-state index is 0.256. The molecule has 0 radical (unpaired) electrons. The summed E-state index contributed by atoms with van der Waals surface area (Å²) in [6.07, 6.45) is 16.3. The van der Waals surface area contributed by atoms with Gasteiger partial charge in [-0.05, 0) is 78.6 Å². The van der Waals surface area contributed by atoms with E-state index in [0.29, 0.717) is 5.78 Å². The van der Waals surface area contributed by atoms with Gasteiger partial charge >= 0.3 is 17.1 Å². The van der Waals surface area contributed by atoms with Gasteiger partial charge in [0.05, 0.1) is 0 Å². The summed E-state index contributed by atoms with van der Waals surface area (Å²) in [5.41, 5.74) is 0. The molecule has 0 aliphatic rings. The highest BCUT2D eigenvalue weighted by molar-refractivity contribution is 6.66. The fraction of sp³-hybridized carbons (Fsp3) is 0.968. The van der Waals surface area contributed by atoms with Crippen molar-refractivity contribution in [3.8, 4) is 0 Å². The highest BCUT2D eigenvalue weighted by Gasteiger charge is 2.30. The fourth-order valence-electron chi connectivity index (χ4n) is 5.76. The van der Waals surface area contributed by atoms with Gasteiger partial charge in [-0.2, -0.15) is 0 Å². The molecule has 2 unspecified atom stereocenters. The smallest absolute Gasteiger partial charge is 0.334 e. The second-order valence-corrected chi connectivity index (χ2v) is 17.9. The third-order valence-electron chi connectivity index (χ3n) is 7.96. The van der Waals surface area contributed by atoms with E-state index in [-0.39, 0.29) is 11.8 Å². The average Bonchev–Trinajstić information content (AvgIpc) is 2.87. The lowest BCUT2D eigenvalue weighted by atomic mass is 9.83. The molecule has 0 aliphatic carbocycles. The number of rotatable bonds is 28. The number of carbonyl (C=O) groups excluding carboxylic acids is 1. The van der Waals surface area contributed by atoms with Crippen LogP contribution < -0.4 is 0 Å². The molecule has 38 heavy (non-hydrogen) atoms. The van der Waals surface area contributed by atoms with Crippen LogP contribution in [0, 0.1) is 11.8 Å². The number of Topliss-reactive ketones (excluding diaryl/α,β-unsaturated/α-hetero) is 1. The Labute approximate surface area is 240 Å². The van der Waals surface area contributed by atoms with Gasteiger partial charge in [0.25, 0.3) is 0 Å². The van der Waals surface area contributed by atoms with Gasteiger partial charge in [-0.15, -0.1) is 0 Å². The zero-order valence-corrected chi connectivity index (χ0v) is 28.8. The van der Waals surface area contributed by atoms with Crippen molar-refractivity contribution in [2.24, 2.45) is 11.8 Å². The molecule has 0 saturated carbocycles. The maximum atomic E-state index is 13.3. The molecule has 5 nitrogen and oxygen atoms in total. The Morgan fingerprint density at radius 2 is 0.789 bits per heavy atom. The molecule has 0 amide bonds. The standard InChI is InChI=1S/C31H66O5Si2/c1-9-29(25-21-17-15-19-23-27-37(7,33-11-3)34-12-4)31(32)30(10-2)26-22-18-16-20-24-28-38(8,35-13-5)36-14-6/h29-30H,9-28H2,1-8H3. The molecule has 0 N–H and O–H groups in total. The molecule has 0 fully saturated rings. The van der Waals surface area contributed by atoms with Crippen LogP contribution in [-0.2, 0) is 22.5 Å². The Bertz CT molecular complexity index is 502. The molecule has 0 heterocycles. The molecule has 0 spiro atoms. The zero-order valence-electron chi connectivity index (χ0n) is 26.8. The minimum atomic E-state index is -1.96. The van der Waals surface area contributed by atoms with Gasteiger partial charge in [0.1, 0.15) is 5.78 Å². The van der Waals surface area contributed by atoms with E-state index in [1.165, 1.54) is 64.2 Å². The van der Waals surface area contributed by atoms with Gasteiger partial charge in [0.15, 0.2) is 0 Å². The average molecular weight is 575 g/mol. The quantitative estimate of drug-likeness (QED) is 0.0688. The summed E-state index contributed by atoms with van der Waals surface area (Å²) >= 11 is 0. The maximum Gasteiger partial charge on any atom is 0.334 e. The molecule has 228 valence electrons. The van der Waals surface area contributed by atoms with Gasteiger partial charge < -0.3 is 17.7 Å². The monoisotopic (exact) mass is 574 g/mol. The number of hydrogen-bond acceptors (Lipinski definition) is 5. The third-order valence-corrected chi connectivity index (χ3v) is 14.1. The fourth-order valence-corrected chi connectivity index (χ4v) is 10.7. The van der Waals surface area contributed by atoms with E-state index >= 15 is 0 Å². The van der Waals surface area contributed by atoms with Gasteiger partial charge in [-0.1, -0.05) is 78.1 Å². The van der Waals surface area contributed by atoms with Crippen LogP contribution in [0.1, 0.15) is 131 Å². The molecule has 0 saturated heterocycles. The first-order valence-corrected chi connectivity index (χ1v) is 21.4.